The van der Waals surface area contributed by atoms with Gasteiger partial charge in [-0.2, -0.15) is 0 Å². The maximum absolute atomic E-state index is 12.8. The highest BCUT2D eigenvalue weighted by Gasteiger charge is 2.22. The third kappa shape index (κ3) is 8.62. The van der Waals surface area contributed by atoms with E-state index in [-0.39, 0.29) is 35.7 Å². The second-order valence-corrected chi connectivity index (χ2v) is 6.79. The lowest BCUT2D eigenvalue weighted by molar-refractivity contribution is -0.121. The number of halogens is 2. The Labute approximate surface area is 184 Å². The number of hydrogen-bond acceptors (Lipinski definition) is 3. The van der Waals surface area contributed by atoms with E-state index in [4.69, 9.17) is 4.74 Å². The summed E-state index contributed by atoms with van der Waals surface area (Å²) in [5.74, 6) is 1.95. The molecule has 2 N–H and O–H groups in total. The summed E-state index contributed by atoms with van der Waals surface area (Å²) in [5.41, 5.74) is 0. The fraction of sp³-hybridized carbons (Fsp3) is 0.600. The number of amides is 1. The Kier molecular flexibility index (Phi) is 11.9. The zero-order chi connectivity index (χ0) is 19.5. The molecule has 1 amide bonds. The summed E-state index contributed by atoms with van der Waals surface area (Å²) in [5, 5.41) is 6.10. The average Bonchev–Trinajstić information content (AvgIpc) is 2.69. The van der Waals surface area contributed by atoms with E-state index in [1.807, 2.05) is 0 Å². The molecule has 2 rings (SSSR count). The maximum atomic E-state index is 12.8. The van der Waals surface area contributed by atoms with Crippen LogP contribution in [0.4, 0.5) is 4.39 Å². The maximum Gasteiger partial charge on any atom is 0.220 e. The smallest absolute Gasteiger partial charge is 0.220 e. The highest BCUT2D eigenvalue weighted by molar-refractivity contribution is 14.0. The first-order valence-corrected chi connectivity index (χ1v) is 9.67. The Hall–Kier alpha value is -1.58. The van der Waals surface area contributed by atoms with Gasteiger partial charge in [-0.3, -0.25) is 9.79 Å². The molecule has 0 aromatic heterocycles. The van der Waals surface area contributed by atoms with E-state index < -0.39 is 0 Å². The van der Waals surface area contributed by atoms with E-state index in [2.05, 4.69) is 20.5 Å². The van der Waals surface area contributed by atoms with Crippen LogP contribution in [0.1, 0.15) is 32.1 Å². The van der Waals surface area contributed by atoms with Gasteiger partial charge in [-0.1, -0.05) is 0 Å². The average molecular weight is 506 g/mol. The molecule has 1 fully saturated rings. The zero-order valence-corrected chi connectivity index (χ0v) is 19.1. The molecule has 1 aliphatic rings. The second-order valence-electron chi connectivity index (χ2n) is 6.79. The van der Waals surface area contributed by atoms with Crippen LogP contribution in [0.25, 0.3) is 0 Å². The van der Waals surface area contributed by atoms with Crippen molar-refractivity contribution in [1.82, 2.24) is 15.5 Å². The van der Waals surface area contributed by atoms with Crippen LogP contribution in [-0.4, -0.2) is 57.1 Å². The SMILES string of the molecule is CN=C(NCCCCOc1ccc(F)cc1)N1CCC(CC(=O)NC)CC1.I. The molecule has 0 aliphatic carbocycles. The lowest BCUT2D eigenvalue weighted by Gasteiger charge is -2.34. The first-order chi connectivity index (χ1) is 13.1. The molecule has 0 saturated carbocycles. The van der Waals surface area contributed by atoms with Crippen molar-refractivity contribution in [3.63, 3.8) is 0 Å². The quantitative estimate of drug-likeness (QED) is 0.246. The Morgan fingerprint density at radius 3 is 2.54 bits per heavy atom. The summed E-state index contributed by atoms with van der Waals surface area (Å²) in [4.78, 5) is 18.1. The molecule has 0 bridgehead atoms. The van der Waals surface area contributed by atoms with Crippen LogP contribution in [0.15, 0.2) is 29.3 Å². The van der Waals surface area contributed by atoms with E-state index in [1.54, 1.807) is 26.2 Å². The van der Waals surface area contributed by atoms with Crippen molar-refractivity contribution in [2.45, 2.75) is 32.1 Å². The lowest BCUT2D eigenvalue weighted by Crippen LogP contribution is -2.46. The molecule has 1 aliphatic heterocycles. The van der Waals surface area contributed by atoms with E-state index in [9.17, 15) is 9.18 Å². The monoisotopic (exact) mass is 506 g/mol. The van der Waals surface area contributed by atoms with Crippen LogP contribution in [0.5, 0.6) is 5.75 Å². The molecule has 158 valence electrons. The van der Waals surface area contributed by atoms with Gasteiger partial charge < -0.3 is 20.3 Å². The number of aliphatic imine (C=N–C) groups is 1. The lowest BCUT2D eigenvalue weighted by atomic mass is 9.93. The molecule has 6 nitrogen and oxygen atoms in total. The van der Waals surface area contributed by atoms with Crippen LogP contribution in [0, 0.1) is 11.7 Å². The van der Waals surface area contributed by atoms with Crippen LogP contribution in [-0.2, 0) is 4.79 Å². The third-order valence-corrected chi connectivity index (χ3v) is 4.82. The predicted octanol–water partition coefficient (Wildman–Crippen LogP) is 3.03. The van der Waals surface area contributed by atoms with Gasteiger partial charge in [-0.15, -0.1) is 24.0 Å². The minimum atomic E-state index is -0.254. The number of carbonyl (C=O) groups is 1. The summed E-state index contributed by atoms with van der Waals surface area (Å²) in [7, 11) is 3.49. The molecule has 0 spiro atoms. The van der Waals surface area contributed by atoms with Crippen molar-refractivity contribution in [3.05, 3.63) is 30.1 Å². The van der Waals surface area contributed by atoms with Crippen LogP contribution in [0.3, 0.4) is 0 Å². The minimum absolute atomic E-state index is 0. The summed E-state index contributed by atoms with van der Waals surface area (Å²) < 4.78 is 18.4. The predicted molar refractivity (Wildman–Crippen MR) is 121 cm³/mol. The third-order valence-electron chi connectivity index (χ3n) is 4.82. The number of guanidine groups is 1. The fourth-order valence-electron chi connectivity index (χ4n) is 3.19. The van der Waals surface area contributed by atoms with Crippen LogP contribution in [0.2, 0.25) is 0 Å². The van der Waals surface area contributed by atoms with Gasteiger partial charge in [-0.25, -0.2) is 4.39 Å². The largest absolute Gasteiger partial charge is 0.494 e. The van der Waals surface area contributed by atoms with E-state index in [0.29, 0.717) is 24.7 Å². The minimum Gasteiger partial charge on any atom is -0.494 e. The van der Waals surface area contributed by atoms with Gasteiger partial charge in [0.2, 0.25) is 5.91 Å². The Morgan fingerprint density at radius 1 is 1.25 bits per heavy atom. The number of rotatable bonds is 8. The summed E-state index contributed by atoms with van der Waals surface area (Å²) in [6.45, 7) is 3.29. The van der Waals surface area contributed by atoms with Crippen molar-refractivity contribution in [2.75, 3.05) is 40.3 Å². The number of carbonyl (C=O) groups excluding carboxylic acids is 1. The Bertz CT molecular complexity index is 605. The number of nitrogens with zero attached hydrogens (tertiary/aromatic N) is 2. The topological polar surface area (TPSA) is 66.0 Å². The van der Waals surface area contributed by atoms with Gasteiger partial charge in [0.1, 0.15) is 11.6 Å². The van der Waals surface area contributed by atoms with Crippen LogP contribution < -0.4 is 15.4 Å². The van der Waals surface area contributed by atoms with Crippen molar-refractivity contribution < 1.29 is 13.9 Å². The first kappa shape index (κ1) is 24.5. The Morgan fingerprint density at radius 2 is 1.93 bits per heavy atom. The number of hydrogen-bond donors (Lipinski definition) is 2. The summed E-state index contributed by atoms with van der Waals surface area (Å²) >= 11 is 0. The molecule has 1 heterocycles. The molecule has 8 heteroatoms. The van der Waals surface area contributed by atoms with E-state index in [0.717, 1.165) is 51.3 Å². The first-order valence-electron chi connectivity index (χ1n) is 9.67. The van der Waals surface area contributed by atoms with Gasteiger partial charge in [-0.05, 0) is 55.9 Å². The van der Waals surface area contributed by atoms with Crippen molar-refractivity contribution >= 4 is 35.8 Å². The number of ether oxygens (including phenoxy) is 1. The zero-order valence-electron chi connectivity index (χ0n) is 16.7. The number of likely N-dealkylation sites (tertiary alicyclic amines) is 1. The highest BCUT2D eigenvalue weighted by atomic mass is 127. The van der Waals surface area contributed by atoms with Gasteiger partial charge in [0, 0.05) is 40.2 Å². The van der Waals surface area contributed by atoms with Gasteiger partial charge in [0.25, 0.3) is 0 Å². The van der Waals surface area contributed by atoms with Crippen LogP contribution >= 0.6 is 24.0 Å². The normalized spacial score (nSPS) is 15.0. The molecule has 1 aromatic carbocycles. The molecule has 28 heavy (non-hydrogen) atoms. The van der Waals surface area contributed by atoms with Crippen molar-refractivity contribution in [2.24, 2.45) is 10.9 Å². The van der Waals surface area contributed by atoms with Gasteiger partial charge >= 0.3 is 0 Å². The second kappa shape index (κ2) is 13.6. The number of benzene rings is 1. The molecular weight excluding hydrogens is 474 g/mol. The number of unbranched alkanes of at least 4 members (excludes halogenated alkanes) is 1. The summed E-state index contributed by atoms with van der Waals surface area (Å²) in [6.07, 6.45) is 4.52. The number of nitrogens with one attached hydrogen (secondary N) is 2. The van der Waals surface area contributed by atoms with Gasteiger partial charge in [0.05, 0.1) is 6.61 Å². The number of piperidine rings is 1. The van der Waals surface area contributed by atoms with E-state index in [1.165, 1.54) is 12.1 Å². The van der Waals surface area contributed by atoms with Crippen molar-refractivity contribution in [3.8, 4) is 5.75 Å². The van der Waals surface area contributed by atoms with Crippen molar-refractivity contribution in [1.29, 1.82) is 0 Å². The highest BCUT2D eigenvalue weighted by Crippen LogP contribution is 2.20. The molecule has 0 unspecified atom stereocenters. The molecule has 1 aromatic rings. The molecule has 1 saturated heterocycles. The molecule has 0 atom stereocenters. The standard InChI is InChI=1S/C20H31FN4O2.HI/c1-22-19(26)15-16-9-12-25(13-10-16)20(23-2)24-11-3-4-14-27-18-7-5-17(21)6-8-18;/h5-8,16H,3-4,9-15H2,1-2H3,(H,22,26)(H,23,24);1H. The van der Waals surface area contributed by atoms with Gasteiger partial charge in [0.15, 0.2) is 5.96 Å². The molecular formula is C20H32FIN4O2. The molecule has 0 radical (unpaired) electrons. The summed E-state index contributed by atoms with van der Waals surface area (Å²) in [6, 6.07) is 6.09. The Balaban J connectivity index is 0.00000392. The van der Waals surface area contributed by atoms with E-state index >= 15 is 0 Å². The fourth-order valence-corrected chi connectivity index (χ4v) is 3.19.